The van der Waals surface area contributed by atoms with Crippen molar-refractivity contribution in [1.29, 1.82) is 0 Å². The van der Waals surface area contributed by atoms with Crippen molar-refractivity contribution in [2.24, 2.45) is 5.92 Å². The van der Waals surface area contributed by atoms with Crippen LogP contribution in [0.4, 0.5) is 5.13 Å². The number of fused-ring (bicyclic) bond motifs is 1. The summed E-state index contributed by atoms with van der Waals surface area (Å²) in [4.78, 5) is 30.7. The van der Waals surface area contributed by atoms with Gasteiger partial charge in [-0.1, -0.05) is 19.1 Å². The monoisotopic (exact) mass is 415 g/mol. The van der Waals surface area contributed by atoms with Gasteiger partial charge < -0.3 is 14.4 Å². The van der Waals surface area contributed by atoms with Crippen molar-refractivity contribution in [1.82, 2.24) is 9.88 Å². The highest BCUT2D eigenvalue weighted by molar-refractivity contribution is 7.14. The van der Waals surface area contributed by atoms with Gasteiger partial charge in [0.2, 0.25) is 0 Å². The summed E-state index contributed by atoms with van der Waals surface area (Å²) in [5.74, 6) is 1.43. The molecule has 1 fully saturated rings. The molecular weight excluding hydrogens is 390 g/mol. The van der Waals surface area contributed by atoms with Gasteiger partial charge in [0, 0.05) is 30.5 Å². The SMILES string of the molecule is CCC1CN(C(=O)c2csc(NC(=O)COc3cccc4c3OC(C)(C)C4)n2)C1. The summed E-state index contributed by atoms with van der Waals surface area (Å²) < 4.78 is 11.6. The number of amides is 2. The maximum atomic E-state index is 12.4. The largest absolute Gasteiger partial charge is 0.483 e. The number of ether oxygens (including phenoxy) is 2. The second kappa shape index (κ2) is 7.67. The maximum absolute atomic E-state index is 12.4. The minimum atomic E-state index is -0.330. The number of hydrogen-bond donors (Lipinski definition) is 1. The highest BCUT2D eigenvalue weighted by Gasteiger charge is 2.33. The molecule has 2 aliphatic rings. The van der Waals surface area contributed by atoms with E-state index in [-0.39, 0.29) is 24.0 Å². The van der Waals surface area contributed by atoms with E-state index in [9.17, 15) is 9.59 Å². The Morgan fingerprint density at radius 2 is 2.17 bits per heavy atom. The summed E-state index contributed by atoms with van der Waals surface area (Å²) in [7, 11) is 0. The highest BCUT2D eigenvalue weighted by atomic mass is 32.1. The molecule has 3 heterocycles. The Morgan fingerprint density at radius 1 is 1.38 bits per heavy atom. The average Bonchev–Trinajstić information content (AvgIpc) is 3.21. The molecule has 29 heavy (non-hydrogen) atoms. The number of carbonyl (C=O) groups excluding carboxylic acids is 2. The Bertz CT molecular complexity index is 934. The summed E-state index contributed by atoms with van der Waals surface area (Å²) in [6.07, 6.45) is 1.88. The third-order valence-corrected chi connectivity index (χ3v) is 5.96. The lowest BCUT2D eigenvalue weighted by atomic mass is 9.97. The quantitative estimate of drug-likeness (QED) is 0.783. The molecule has 0 unspecified atom stereocenters. The van der Waals surface area contributed by atoms with Crippen LogP contribution >= 0.6 is 11.3 Å². The number of nitrogens with zero attached hydrogens (tertiary/aromatic N) is 2. The van der Waals surface area contributed by atoms with Crippen LogP contribution in [0.15, 0.2) is 23.6 Å². The van der Waals surface area contributed by atoms with Crippen LogP contribution in [0, 0.1) is 5.92 Å². The zero-order chi connectivity index (χ0) is 20.6. The molecule has 2 aromatic rings. The Labute approximate surface area is 174 Å². The van der Waals surface area contributed by atoms with Gasteiger partial charge in [0.25, 0.3) is 11.8 Å². The predicted octanol–water partition coefficient (Wildman–Crippen LogP) is 3.36. The van der Waals surface area contributed by atoms with E-state index < -0.39 is 0 Å². The van der Waals surface area contributed by atoms with Gasteiger partial charge in [0.05, 0.1) is 0 Å². The van der Waals surface area contributed by atoms with E-state index in [0.29, 0.717) is 28.2 Å². The van der Waals surface area contributed by atoms with Crippen molar-refractivity contribution in [2.45, 2.75) is 39.2 Å². The molecule has 1 aromatic carbocycles. The summed E-state index contributed by atoms with van der Waals surface area (Å²) in [5.41, 5.74) is 1.17. The number of likely N-dealkylation sites (tertiary alicyclic amines) is 1. The van der Waals surface area contributed by atoms with Gasteiger partial charge in [0.15, 0.2) is 23.2 Å². The molecule has 0 bridgehead atoms. The van der Waals surface area contributed by atoms with Crippen molar-refractivity contribution >= 4 is 28.3 Å². The Kier molecular flexibility index (Phi) is 5.21. The standard InChI is InChI=1S/C21H25N3O4S/c1-4-13-9-24(10-13)19(26)15-12-29-20(22-15)23-17(25)11-27-16-7-5-6-14-8-21(2,3)28-18(14)16/h5-7,12-13H,4,8-11H2,1-3H3,(H,22,23,25). The Balaban J connectivity index is 1.31. The number of anilines is 1. The lowest BCUT2D eigenvalue weighted by molar-refractivity contribution is -0.118. The van der Waals surface area contributed by atoms with Crippen molar-refractivity contribution in [3.8, 4) is 11.5 Å². The van der Waals surface area contributed by atoms with Crippen LogP contribution in [-0.2, 0) is 11.2 Å². The van der Waals surface area contributed by atoms with E-state index in [1.54, 1.807) is 16.3 Å². The van der Waals surface area contributed by atoms with Gasteiger partial charge in [-0.05, 0) is 32.3 Å². The lowest BCUT2D eigenvalue weighted by Gasteiger charge is -2.38. The predicted molar refractivity (Wildman–Crippen MR) is 111 cm³/mol. The van der Waals surface area contributed by atoms with Gasteiger partial charge in [-0.25, -0.2) is 4.98 Å². The fourth-order valence-corrected chi connectivity index (χ4v) is 4.29. The molecular formula is C21H25N3O4S. The Morgan fingerprint density at radius 3 is 2.93 bits per heavy atom. The highest BCUT2D eigenvalue weighted by Crippen LogP contribution is 2.41. The smallest absolute Gasteiger partial charge is 0.273 e. The second-order valence-electron chi connectivity index (χ2n) is 8.14. The number of thiazole rings is 1. The first-order chi connectivity index (χ1) is 13.8. The van der Waals surface area contributed by atoms with Gasteiger partial charge in [-0.15, -0.1) is 11.3 Å². The normalized spacial score (nSPS) is 17.3. The molecule has 154 valence electrons. The first-order valence-electron chi connectivity index (χ1n) is 9.83. The number of aromatic nitrogens is 1. The fourth-order valence-electron chi connectivity index (χ4n) is 3.58. The molecule has 0 saturated carbocycles. The minimum Gasteiger partial charge on any atom is -0.483 e. The molecule has 0 radical (unpaired) electrons. The summed E-state index contributed by atoms with van der Waals surface area (Å²) in [6, 6.07) is 5.70. The third kappa shape index (κ3) is 4.22. The van der Waals surface area contributed by atoms with E-state index >= 15 is 0 Å². The van der Waals surface area contributed by atoms with E-state index in [2.05, 4.69) is 17.2 Å². The second-order valence-corrected chi connectivity index (χ2v) is 9.00. The van der Waals surface area contributed by atoms with Gasteiger partial charge in [-0.2, -0.15) is 0 Å². The van der Waals surface area contributed by atoms with Gasteiger partial charge in [-0.3, -0.25) is 14.9 Å². The average molecular weight is 416 g/mol. The molecule has 8 heteroatoms. The zero-order valence-electron chi connectivity index (χ0n) is 16.9. The number of para-hydroxylation sites is 1. The number of carbonyl (C=O) groups is 2. The molecule has 1 aromatic heterocycles. The van der Waals surface area contributed by atoms with Crippen LogP contribution in [0.3, 0.4) is 0 Å². The number of benzene rings is 1. The van der Waals surface area contributed by atoms with Crippen molar-refractivity contribution < 1.29 is 19.1 Å². The van der Waals surface area contributed by atoms with Crippen molar-refractivity contribution in [2.75, 3.05) is 25.0 Å². The van der Waals surface area contributed by atoms with Crippen LogP contribution in [0.2, 0.25) is 0 Å². The number of nitrogens with one attached hydrogen (secondary N) is 1. The van der Waals surface area contributed by atoms with Crippen LogP contribution in [0.1, 0.15) is 43.2 Å². The maximum Gasteiger partial charge on any atom is 0.273 e. The lowest BCUT2D eigenvalue weighted by Crippen LogP contribution is -2.49. The Hall–Kier alpha value is -2.61. The van der Waals surface area contributed by atoms with Gasteiger partial charge in [0.1, 0.15) is 11.3 Å². The molecule has 1 saturated heterocycles. The first kappa shape index (κ1) is 19.7. The van der Waals surface area contributed by atoms with Crippen LogP contribution in [0.5, 0.6) is 11.5 Å². The van der Waals surface area contributed by atoms with Crippen LogP contribution in [-0.4, -0.2) is 47.0 Å². The fraction of sp³-hybridized carbons (Fsp3) is 0.476. The summed E-state index contributed by atoms with van der Waals surface area (Å²) >= 11 is 1.24. The molecule has 7 nitrogen and oxygen atoms in total. The topological polar surface area (TPSA) is 80.8 Å². The first-order valence-corrected chi connectivity index (χ1v) is 10.7. The van der Waals surface area contributed by atoms with Gasteiger partial charge >= 0.3 is 0 Å². The summed E-state index contributed by atoms with van der Waals surface area (Å²) in [6.45, 7) is 7.57. The molecule has 2 amide bonds. The number of rotatable bonds is 6. The third-order valence-electron chi connectivity index (χ3n) is 5.21. The molecule has 1 N–H and O–H groups in total. The van der Waals surface area contributed by atoms with E-state index in [1.165, 1.54) is 11.3 Å². The van der Waals surface area contributed by atoms with Crippen LogP contribution < -0.4 is 14.8 Å². The molecule has 0 spiro atoms. The van der Waals surface area contributed by atoms with Crippen LogP contribution in [0.25, 0.3) is 0 Å². The minimum absolute atomic E-state index is 0.0812. The van der Waals surface area contributed by atoms with E-state index in [4.69, 9.17) is 9.47 Å². The van der Waals surface area contributed by atoms with Crippen molar-refractivity contribution in [3.05, 3.63) is 34.8 Å². The molecule has 0 aliphatic carbocycles. The zero-order valence-corrected chi connectivity index (χ0v) is 17.7. The van der Waals surface area contributed by atoms with E-state index in [0.717, 1.165) is 31.5 Å². The number of hydrogen-bond acceptors (Lipinski definition) is 6. The molecule has 0 atom stereocenters. The van der Waals surface area contributed by atoms with Crippen molar-refractivity contribution in [3.63, 3.8) is 0 Å². The van der Waals surface area contributed by atoms with E-state index in [1.807, 2.05) is 26.0 Å². The summed E-state index contributed by atoms with van der Waals surface area (Å²) in [5, 5.41) is 4.77. The molecule has 2 aliphatic heterocycles. The molecule has 4 rings (SSSR count).